The van der Waals surface area contributed by atoms with Gasteiger partial charge in [0.25, 0.3) is 0 Å². The zero-order chi connectivity index (χ0) is 21.3. The van der Waals surface area contributed by atoms with Crippen molar-refractivity contribution in [2.24, 2.45) is 10.9 Å². The van der Waals surface area contributed by atoms with E-state index in [1.165, 1.54) is 32.5 Å². The second-order valence-corrected chi connectivity index (χ2v) is 8.52. The lowest BCUT2D eigenvalue weighted by Crippen LogP contribution is -2.45. The molecule has 2 N–H and O–H groups in total. The molecule has 7 nitrogen and oxygen atoms in total. The lowest BCUT2D eigenvalue weighted by Gasteiger charge is -2.30. The number of anilines is 1. The van der Waals surface area contributed by atoms with Gasteiger partial charge >= 0.3 is 0 Å². The van der Waals surface area contributed by atoms with Crippen LogP contribution in [0.15, 0.2) is 23.2 Å². The van der Waals surface area contributed by atoms with Crippen LogP contribution >= 0.6 is 24.0 Å². The number of likely N-dealkylation sites (tertiary alicyclic amines) is 1. The van der Waals surface area contributed by atoms with E-state index in [2.05, 4.69) is 44.5 Å². The molecular weight excluding hydrogens is 505 g/mol. The quantitative estimate of drug-likeness (QED) is 0.227. The summed E-state index contributed by atoms with van der Waals surface area (Å²) in [6, 6.07) is 6.42. The zero-order valence-corrected chi connectivity index (χ0v) is 21.9. The number of hydrogen-bond donors (Lipinski definition) is 2. The van der Waals surface area contributed by atoms with Gasteiger partial charge in [-0.3, -0.25) is 4.99 Å². The fourth-order valence-corrected chi connectivity index (χ4v) is 4.27. The van der Waals surface area contributed by atoms with Crippen molar-refractivity contribution in [1.29, 1.82) is 0 Å². The number of hydrogen-bond acceptors (Lipinski definition) is 5. The molecule has 2 aliphatic rings. The molecule has 0 saturated carbocycles. The molecule has 1 atom stereocenters. The lowest BCUT2D eigenvalue weighted by molar-refractivity contribution is 0.191. The molecule has 176 valence electrons. The summed E-state index contributed by atoms with van der Waals surface area (Å²) in [6.07, 6.45) is 4.91. The summed E-state index contributed by atoms with van der Waals surface area (Å²) in [5, 5.41) is 7.08. The molecule has 0 radical (unpaired) electrons. The molecule has 2 saturated heterocycles. The van der Waals surface area contributed by atoms with Gasteiger partial charge < -0.3 is 29.9 Å². The van der Waals surface area contributed by atoms with Crippen molar-refractivity contribution in [2.45, 2.75) is 38.6 Å². The van der Waals surface area contributed by atoms with E-state index in [0.717, 1.165) is 61.5 Å². The van der Waals surface area contributed by atoms with Crippen molar-refractivity contribution in [3.63, 3.8) is 0 Å². The molecule has 0 amide bonds. The second kappa shape index (κ2) is 13.2. The summed E-state index contributed by atoms with van der Waals surface area (Å²) in [6.45, 7) is 8.92. The van der Waals surface area contributed by atoms with Crippen LogP contribution in [0.5, 0.6) is 11.5 Å². The Morgan fingerprint density at radius 3 is 2.35 bits per heavy atom. The number of piperidine rings is 1. The highest BCUT2D eigenvalue weighted by molar-refractivity contribution is 14.0. The number of nitrogens with one attached hydrogen (secondary N) is 2. The fraction of sp³-hybridized carbons (Fsp3) is 0.696. The monoisotopic (exact) mass is 545 g/mol. The highest BCUT2D eigenvalue weighted by Crippen LogP contribution is 2.30. The third kappa shape index (κ3) is 7.89. The van der Waals surface area contributed by atoms with Crippen LogP contribution in [0.25, 0.3) is 0 Å². The maximum atomic E-state index is 5.41. The lowest BCUT2D eigenvalue weighted by atomic mass is 9.99. The zero-order valence-electron chi connectivity index (χ0n) is 19.5. The molecule has 2 heterocycles. The van der Waals surface area contributed by atoms with Crippen molar-refractivity contribution in [2.75, 3.05) is 65.4 Å². The molecule has 0 aliphatic carbocycles. The van der Waals surface area contributed by atoms with Crippen LogP contribution < -0.4 is 25.0 Å². The first-order valence-electron chi connectivity index (χ1n) is 11.3. The van der Waals surface area contributed by atoms with Gasteiger partial charge in [-0.05, 0) is 51.2 Å². The normalized spacial score (nSPS) is 20.3. The first-order valence-corrected chi connectivity index (χ1v) is 11.3. The van der Waals surface area contributed by atoms with Gasteiger partial charge in [0.1, 0.15) is 11.5 Å². The Morgan fingerprint density at radius 2 is 1.74 bits per heavy atom. The minimum Gasteiger partial charge on any atom is -0.497 e. The van der Waals surface area contributed by atoms with E-state index in [4.69, 9.17) is 9.47 Å². The van der Waals surface area contributed by atoms with E-state index >= 15 is 0 Å². The first-order chi connectivity index (χ1) is 14.6. The highest BCUT2D eigenvalue weighted by Gasteiger charge is 2.24. The van der Waals surface area contributed by atoms with Gasteiger partial charge in [0.05, 0.1) is 14.2 Å². The molecule has 8 heteroatoms. The Morgan fingerprint density at radius 1 is 1.06 bits per heavy atom. The number of halogens is 1. The Kier molecular flexibility index (Phi) is 11.0. The fourth-order valence-electron chi connectivity index (χ4n) is 4.27. The number of guanidine groups is 1. The molecule has 0 spiro atoms. The number of aliphatic imine (C=N–C) groups is 1. The topological polar surface area (TPSA) is 61.4 Å². The minimum absolute atomic E-state index is 0. The van der Waals surface area contributed by atoms with Crippen LogP contribution in [0.1, 0.15) is 32.6 Å². The smallest absolute Gasteiger partial charge is 0.191 e. The van der Waals surface area contributed by atoms with Gasteiger partial charge in [-0.1, -0.05) is 6.92 Å². The molecule has 1 aromatic rings. The average molecular weight is 546 g/mol. The van der Waals surface area contributed by atoms with E-state index in [1.807, 2.05) is 13.1 Å². The van der Waals surface area contributed by atoms with Gasteiger partial charge in [-0.15, -0.1) is 24.0 Å². The van der Waals surface area contributed by atoms with Gasteiger partial charge in [-0.2, -0.15) is 0 Å². The average Bonchev–Trinajstić information content (AvgIpc) is 3.25. The molecular formula is C23H40IN5O2. The summed E-state index contributed by atoms with van der Waals surface area (Å²) < 4.78 is 10.8. The van der Waals surface area contributed by atoms with Gasteiger partial charge in [-0.25, -0.2) is 0 Å². The summed E-state index contributed by atoms with van der Waals surface area (Å²) in [4.78, 5) is 9.38. The van der Waals surface area contributed by atoms with E-state index in [0.29, 0.717) is 6.04 Å². The number of methoxy groups -OCH3 is 2. The van der Waals surface area contributed by atoms with E-state index in [9.17, 15) is 0 Å². The van der Waals surface area contributed by atoms with E-state index in [1.54, 1.807) is 14.2 Å². The number of ether oxygens (including phenoxy) is 2. The molecule has 31 heavy (non-hydrogen) atoms. The molecule has 1 aromatic carbocycles. The minimum atomic E-state index is 0. The van der Waals surface area contributed by atoms with E-state index in [-0.39, 0.29) is 24.0 Å². The maximum Gasteiger partial charge on any atom is 0.191 e. The summed E-state index contributed by atoms with van der Waals surface area (Å²) in [5.74, 6) is 3.44. The molecule has 2 aliphatic heterocycles. The number of nitrogens with zero attached hydrogens (tertiary/aromatic N) is 3. The summed E-state index contributed by atoms with van der Waals surface area (Å²) >= 11 is 0. The van der Waals surface area contributed by atoms with Crippen molar-refractivity contribution in [1.82, 2.24) is 15.5 Å². The third-order valence-electron chi connectivity index (χ3n) is 6.27. The van der Waals surface area contributed by atoms with Gasteiger partial charge in [0.2, 0.25) is 0 Å². The molecule has 1 unspecified atom stereocenters. The third-order valence-corrected chi connectivity index (χ3v) is 6.27. The summed E-state index contributed by atoms with van der Waals surface area (Å²) in [7, 11) is 5.23. The molecule has 0 aromatic heterocycles. The Bertz CT molecular complexity index is 672. The van der Waals surface area contributed by atoms with Crippen LogP contribution in [0, 0.1) is 5.92 Å². The standard InChI is InChI=1S/C23H39N5O2.HI/c1-18-6-11-27(12-7-18)10-5-9-25-23(24-2)26-19-8-13-28(17-19)20-14-21(29-3)16-22(15-20)30-4;/h14-16,18-19H,5-13,17H2,1-4H3,(H2,24,25,26);1H. The first kappa shape index (κ1) is 25.8. The second-order valence-electron chi connectivity index (χ2n) is 8.52. The SMILES string of the molecule is CN=C(NCCCN1CCC(C)CC1)NC1CCN(c2cc(OC)cc(OC)c2)C1.I. The van der Waals surface area contributed by atoms with Crippen molar-refractivity contribution < 1.29 is 9.47 Å². The van der Waals surface area contributed by atoms with E-state index < -0.39 is 0 Å². The maximum absolute atomic E-state index is 5.41. The van der Waals surface area contributed by atoms with Crippen LogP contribution in [-0.2, 0) is 0 Å². The van der Waals surface area contributed by atoms with Crippen LogP contribution in [0.3, 0.4) is 0 Å². The Balaban J connectivity index is 0.00000341. The molecule has 0 bridgehead atoms. The predicted octanol–water partition coefficient (Wildman–Crippen LogP) is 3.19. The predicted molar refractivity (Wildman–Crippen MR) is 140 cm³/mol. The van der Waals surface area contributed by atoms with Crippen LogP contribution in [-0.4, -0.2) is 77.4 Å². The van der Waals surface area contributed by atoms with Crippen LogP contribution in [0.2, 0.25) is 0 Å². The number of rotatable bonds is 8. The highest BCUT2D eigenvalue weighted by atomic mass is 127. The van der Waals surface area contributed by atoms with Crippen LogP contribution in [0.4, 0.5) is 5.69 Å². The molecule has 2 fully saturated rings. The van der Waals surface area contributed by atoms with Crippen molar-refractivity contribution in [3.8, 4) is 11.5 Å². The molecule has 3 rings (SSSR count). The Labute approximate surface area is 205 Å². The Hall–Kier alpha value is -1.42. The van der Waals surface area contributed by atoms with Gasteiger partial charge in [0.15, 0.2) is 5.96 Å². The number of benzene rings is 1. The van der Waals surface area contributed by atoms with Crippen molar-refractivity contribution >= 4 is 35.6 Å². The summed E-state index contributed by atoms with van der Waals surface area (Å²) in [5.41, 5.74) is 1.13. The van der Waals surface area contributed by atoms with Crippen molar-refractivity contribution in [3.05, 3.63) is 18.2 Å². The van der Waals surface area contributed by atoms with Gasteiger partial charge in [0, 0.05) is 56.6 Å². The largest absolute Gasteiger partial charge is 0.497 e.